The molecule has 1 aromatic carbocycles. The van der Waals surface area contributed by atoms with E-state index in [1.807, 2.05) is 19.1 Å². The first kappa shape index (κ1) is 34.9. The van der Waals surface area contributed by atoms with Crippen LogP contribution in [0.4, 0.5) is 32.0 Å². The number of fused-ring (bicyclic) bond motifs is 4. The summed E-state index contributed by atoms with van der Waals surface area (Å²) in [6.45, 7) is 7.70. The molecule has 5 rings (SSSR count). The van der Waals surface area contributed by atoms with Gasteiger partial charge in [0.05, 0.1) is 16.9 Å². The molecule has 1 fully saturated rings. The third-order valence-electron chi connectivity index (χ3n) is 7.16. The molecule has 244 valence electrons. The number of aromatic nitrogens is 2. The van der Waals surface area contributed by atoms with E-state index in [1.165, 1.54) is 11.1 Å². The molecule has 0 bridgehead atoms. The van der Waals surface area contributed by atoms with Crippen LogP contribution >= 0.6 is 0 Å². The average Bonchev–Trinajstić information content (AvgIpc) is 3.42. The van der Waals surface area contributed by atoms with Gasteiger partial charge in [-0.1, -0.05) is 24.3 Å². The quantitative estimate of drug-likeness (QED) is 0.288. The number of carboxylic acid groups (broad SMARTS) is 2. The SMILES string of the molecule is CCNC(=O)c1ccc2n1-c1ncccc1NC21CCN(Cc2ccccc2C)CC1.O=C(O)C(F)(F)F.O=C(O)C(F)(F)F. The predicted molar refractivity (Wildman–Crippen MR) is 150 cm³/mol. The van der Waals surface area contributed by atoms with Crippen LogP contribution in [0.2, 0.25) is 0 Å². The van der Waals surface area contributed by atoms with Crippen molar-refractivity contribution in [1.82, 2.24) is 19.8 Å². The zero-order valence-electron chi connectivity index (χ0n) is 24.2. The van der Waals surface area contributed by atoms with E-state index in [4.69, 9.17) is 19.8 Å². The van der Waals surface area contributed by atoms with Crippen molar-refractivity contribution >= 4 is 23.5 Å². The Labute approximate surface area is 253 Å². The highest BCUT2D eigenvalue weighted by Gasteiger charge is 2.43. The van der Waals surface area contributed by atoms with Gasteiger partial charge in [0.15, 0.2) is 5.82 Å². The number of aliphatic carboxylic acids is 2. The molecule has 16 heteroatoms. The Morgan fingerprint density at radius 1 is 0.933 bits per heavy atom. The highest BCUT2D eigenvalue weighted by Crippen LogP contribution is 2.43. The zero-order chi connectivity index (χ0) is 33.6. The Bertz CT molecular complexity index is 1490. The van der Waals surface area contributed by atoms with Crippen LogP contribution < -0.4 is 10.6 Å². The average molecular weight is 644 g/mol. The maximum absolute atomic E-state index is 12.8. The predicted octanol–water partition coefficient (Wildman–Crippen LogP) is 5.11. The van der Waals surface area contributed by atoms with Gasteiger partial charge in [0.2, 0.25) is 0 Å². The Hall–Kier alpha value is -4.60. The van der Waals surface area contributed by atoms with Crippen LogP contribution in [0.1, 0.15) is 47.1 Å². The number of benzene rings is 1. The van der Waals surface area contributed by atoms with Crippen molar-refractivity contribution in [2.45, 2.75) is 51.1 Å². The van der Waals surface area contributed by atoms with Crippen molar-refractivity contribution < 1.29 is 50.9 Å². The Balaban J connectivity index is 0.000000331. The van der Waals surface area contributed by atoms with Gasteiger partial charge in [0, 0.05) is 32.4 Å². The molecule has 0 saturated carbocycles. The molecule has 2 aliphatic rings. The Morgan fingerprint density at radius 3 is 2.04 bits per heavy atom. The van der Waals surface area contributed by atoms with E-state index < -0.39 is 24.3 Å². The number of piperidine rings is 1. The molecule has 2 aromatic heterocycles. The minimum absolute atomic E-state index is 0.0561. The molecule has 0 atom stereocenters. The number of carbonyl (C=O) groups excluding carboxylic acids is 1. The number of carboxylic acids is 2. The van der Waals surface area contributed by atoms with Crippen molar-refractivity contribution in [2.24, 2.45) is 0 Å². The molecule has 4 N–H and O–H groups in total. The largest absolute Gasteiger partial charge is 0.490 e. The Morgan fingerprint density at radius 2 is 1.51 bits per heavy atom. The van der Waals surface area contributed by atoms with Gasteiger partial charge in [-0.3, -0.25) is 14.3 Å². The first-order valence-corrected chi connectivity index (χ1v) is 13.6. The van der Waals surface area contributed by atoms with Gasteiger partial charge in [0.25, 0.3) is 5.91 Å². The molecule has 2 aliphatic heterocycles. The third kappa shape index (κ3) is 8.53. The van der Waals surface area contributed by atoms with Crippen LogP contribution in [0.5, 0.6) is 0 Å². The summed E-state index contributed by atoms with van der Waals surface area (Å²) in [4.78, 5) is 37.7. The van der Waals surface area contributed by atoms with E-state index in [2.05, 4.69) is 68.4 Å². The molecule has 45 heavy (non-hydrogen) atoms. The summed E-state index contributed by atoms with van der Waals surface area (Å²) < 4.78 is 65.5. The van der Waals surface area contributed by atoms with Crippen LogP contribution in [0.15, 0.2) is 54.7 Å². The standard InChI is InChI=1S/C25H29N5O.2C2HF3O2/c1-3-26-24(31)21-10-11-22-25(28-20-9-6-14-27-23(20)30(21)22)12-15-29(16-13-25)17-19-8-5-4-7-18(19)2;2*3-2(4,5)1(6)7/h4-11,14,28H,3,12-13,15-17H2,1-2H3,(H,26,31);2*(H,6,7). The molecule has 0 radical (unpaired) electrons. The number of pyridine rings is 1. The summed E-state index contributed by atoms with van der Waals surface area (Å²) in [5.74, 6) is -4.77. The highest BCUT2D eigenvalue weighted by molar-refractivity contribution is 5.94. The summed E-state index contributed by atoms with van der Waals surface area (Å²) in [5.41, 5.74) is 5.33. The second-order valence-electron chi connectivity index (χ2n) is 10.2. The van der Waals surface area contributed by atoms with E-state index in [0.717, 1.165) is 49.7 Å². The van der Waals surface area contributed by atoms with Gasteiger partial charge < -0.3 is 20.8 Å². The molecule has 10 nitrogen and oxygen atoms in total. The summed E-state index contributed by atoms with van der Waals surface area (Å²) in [6, 6.07) is 16.7. The zero-order valence-corrected chi connectivity index (χ0v) is 24.2. The van der Waals surface area contributed by atoms with Crippen LogP contribution in [-0.4, -0.2) is 74.5 Å². The van der Waals surface area contributed by atoms with E-state index in [0.29, 0.717) is 12.2 Å². The number of carbonyl (C=O) groups is 3. The number of rotatable bonds is 4. The minimum Gasteiger partial charge on any atom is -0.475 e. The molecule has 1 amide bonds. The van der Waals surface area contributed by atoms with Gasteiger partial charge in [0.1, 0.15) is 5.69 Å². The fourth-order valence-corrected chi connectivity index (χ4v) is 4.96. The maximum Gasteiger partial charge on any atom is 0.490 e. The van der Waals surface area contributed by atoms with Crippen molar-refractivity contribution in [3.8, 4) is 5.82 Å². The monoisotopic (exact) mass is 643 g/mol. The fourth-order valence-electron chi connectivity index (χ4n) is 4.96. The topological polar surface area (TPSA) is 137 Å². The van der Waals surface area contributed by atoms with Gasteiger partial charge in [-0.15, -0.1) is 0 Å². The number of aryl methyl sites for hydroxylation is 1. The molecule has 3 aromatic rings. The molecule has 1 spiro atoms. The molecule has 0 unspecified atom stereocenters. The van der Waals surface area contributed by atoms with E-state index >= 15 is 0 Å². The lowest BCUT2D eigenvalue weighted by Gasteiger charge is -2.46. The molecular weight excluding hydrogens is 612 g/mol. The Kier molecular flexibility index (Phi) is 10.9. The van der Waals surface area contributed by atoms with Crippen LogP contribution in [0.3, 0.4) is 0 Å². The lowest BCUT2D eigenvalue weighted by molar-refractivity contribution is -0.193. The maximum atomic E-state index is 12.8. The number of amides is 1. The number of alkyl halides is 6. The number of likely N-dealkylation sites (tertiary alicyclic amines) is 1. The summed E-state index contributed by atoms with van der Waals surface area (Å²) in [7, 11) is 0. The van der Waals surface area contributed by atoms with Gasteiger partial charge in [-0.25, -0.2) is 14.6 Å². The van der Waals surface area contributed by atoms with E-state index in [9.17, 15) is 31.1 Å². The van der Waals surface area contributed by atoms with E-state index in [-0.39, 0.29) is 11.4 Å². The number of hydrogen-bond acceptors (Lipinski definition) is 6. The number of halogens is 6. The number of nitrogens with one attached hydrogen (secondary N) is 2. The van der Waals surface area contributed by atoms with Gasteiger partial charge >= 0.3 is 24.3 Å². The third-order valence-corrected chi connectivity index (χ3v) is 7.16. The lowest BCUT2D eigenvalue weighted by atomic mass is 9.82. The first-order valence-electron chi connectivity index (χ1n) is 13.6. The highest BCUT2D eigenvalue weighted by atomic mass is 19.4. The summed E-state index contributed by atoms with van der Waals surface area (Å²) in [6.07, 6.45) is -6.42. The minimum atomic E-state index is -5.08. The number of nitrogens with zero attached hydrogens (tertiary/aromatic N) is 3. The summed E-state index contributed by atoms with van der Waals surface area (Å²) >= 11 is 0. The molecular formula is C29H31F6N5O5. The second-order valence-corrected chi connectivity index (χ2v) is 10.2. The molecule has 1 saturated heterocycles. The smallest absolute Gasteiger partial charge is 0.475 e. The molecule has 4 heterocycles. The van der Waals surface area contributed by atoms with Crippen LogP contribution in [-0.2, 0) is 21.7 Å². The summed E-state index contributed by atoms with van der Waals surface area (Å²) in [5, 5.41) is 21.0. The van der Waals surface area contributed by atoms with Crippen LogP contribution in [0, 0.1) is 6.92 Å². The van der Waals surface area contributed by atoms with Crippen molar-refractivity contribution in [3.63, 3.8) is 0 Å². The van der Waals surface area contributed by atoms with Crippen LogP contribution in [0.25, 0.3) is 5.82 Å². The normalized spacial score (nSPS) is 15.2. The van der Waals surface area contributed by atoms with Crippen molar-refractivity contribution in [3.05, 3.63) is 77.2 Å². The fraction of sp³-hybridized carbons (Fsp3) is 0.379. The van der Waals surface area contributed by atoms with Crippen molar-refractivity contribution in [1.29, 1.82) is 0 Å². The second kappa shape index (κ2) is 14.0. The van der Waals surface area contributed by atoms with Gasteiger partial charge in [-0.05, 0) is 62.1 Å². The number of hydrogen-bond donors (Lipinski definition) is 4. The van der Waals surface area contributed by atoms with E-state index in [1.54, 1.807) is 6.20 Å². The number of anilines is 1. The van der Waals surface area contributed by atoms with Gasteiger partial charge in [-0.2, -0.15) is 26.3 Å². The molecule has 0 aliphatic carbocycles. The van der Waals surface area contributed by atoms with Crippen molar-refractivity contribution in [2.75, 3.05) is 25.0 Å². The first-order chi connectivity index (χ1) is 21.0. The lowest BCUT2D eigenvalue weighted by Crippen LogP contribution is -2.50.